The lowest BCUT2D eigenvalue weighted by atomic mass is 9.97. The van der Waals surface area contributed by atoms with E-state index in [4.69, 9.17) is 11.6 Å². The zero-order valence-electron chi connectivity index (χ0n) is 22.3. The van der Waals surface area contributed by atoms with E-state index in [2.05, 4.69) is 23.7 Å². The molecule has 5 rings (SSSR count). The van der Waals surface area contributed by atoms with E-state index >= 15 is 0 Å². The molecule has 1 aromatic heterocycles. The Morgan fingerprint density at radius 1 is 0.923 bits per heavy atom. The minimum atomic E-state index is -0.364. The number of carbonyl (C=O) groups excluding carboxylic acids is 2. The number of hydrogen-bond donors (Lipinski definition) is 1. The van der Waals surface area contributed by atoms with Gasteiger partial charge in [-0.1, -0.05) is 68.3 Å². The number of halogens is 1. The summed E-state index contributed by atoms with van der Waals surface area (Å²) in [4.78, 5) is 31.2. The second kappa shape index (κ2) is 11.8. The number of hydrogen-bond acceptors (Lipinski definition) is 2. The first-order valence-electron chi connectivity index (χ1n) is 13.5. The number of anilines is 2. The first-order valence-corrected chi connectivity index (χ1v) is 13.9. The van der Waals surface area contributed by atoms with Crippen molar-refractivity contribution in [3.63, 3.8) is 0 Å². The Labute approximate surface area is 234 Å². The molecular weight excluding hydrogens is 508 g/mol. The van der Waals surface area contributed by atoms with E-state index in [0.717, 1.165) is 53.1 Å². The van der Waals surface area contributed by atoms with Crippen LogP contribution in [-0.2, 0) is 11.2 Å². The summed E-state index contributed by atoms with van der Waals surface area (Å²) in [5, 5.41) is 3.65. The lowest BCUT2D eigenvalue weighted by Gasteiger charge is -2.39. The number of fused-ring (bicyclic) bond motifs is 3. The van der Waals surface area contributed by atoms with Gasteiger partial charge in [0, 0.05) is 23.5 Å². The van der Waals surface area contributed by atoms with Crippen molar-refractivity contribution in [3.8, 4) is 5.69 Å². The summed E-state index contributed by atoms with van der Waals surface area (Å²) in [6.45, 7) is 4.60. The number of unbranched alkanes of at least 4 members (excludes halogenated alkanes) is 1. The molecular formula is C32H33ClN4O2. The van der Waals surface area contributed by atoms with Crippen molar-refractivity contribution in [1.29, 1.82) is 0 Å². The largest absolute Gasteiger partial charge is 0.322 e. The molecule has 7 heteroatoms. The van der Waals surface area contributed by atoms with Gasteiger partial charge in [0.2, 0.25) is 5.91 Å². The van der Waals surface area contributed by atoms with Gasteiger partial charge < -0.3 is 14.8 Å². The lowest BCUT2D eigenvalue weighted by molar-refractivity contribution is -0.119. The Morgan fingerprint density at radius 3 is 2.44 bits per heavy atom. The van der Waals surface area contributed by atoms with Gasteiger partial charge in [-0.05, 0) is 72.5 Å². The fourth-order valence-electron chi connectivity index (χ4n) is 5.13. The number of para-hydroxylation sites is 2. The summed E-state index contributed by atoms with van der Waals surface area (Å²) in [6, 6.07) is 26.7. The molecule has 1 N–H and O–H groups in total. The minimum Gasteiger partial charge on any atom is -0.316 e. The van der Waals surface area contributed by atoms with E-state index in [1.807, 2.05) is 96.0 Å². The normalized spacial score (nSPS) is 13.9. The highest BCUT2D eigenvalue weighted by Crippen LogP contribution is 2.42. The van der Waals surface area contributed by atoms with Crippen LogP contribution >= 0.6 is 11.6 Å². The molecule has 1 unspecified atom stereocenters. The molecule has 3 aromatic carbocycles. The van der Waals surface area contributed by atoms with E-state index in [0.29, 0.717) is 11.6 Å². The molecule has 1 atom stereocenters. The molecule has 0 spiro atoms. The highest BCUT2D eigenvalue weighted by Gasteiger charge is 2.37. The molecule has 0 fully saturated rings. The molecule has 6 nitrogen and oxygen atoms in total. The van der Waals surface area contributed by atoms with Gasteiger partial charge in [0.1, 0.15) is 12.6 Å². The van der Waals surface area contributed by atoms with E-state index in [9.17, 15) is 9.59 Å². The van der Waals surface area contributed by atoms with Crippen LogP contribution in [0.4, 0.5) is 16.2 Å². The van der Waals surface area contributed by atoms with Crippen LogP contribution in [0.3, 0.4) is 0 Å². The standard InChI is InChI=1S/C32H33ClN4O2/c1-3-5-19-35(32(39)34-26-11-8-10-23(4-2)21-26)22-30(38)37-28-13-7-6-12-27(28)36-20-9-14-29(36)31(37)24-15-17-25(33)18-16-24/h6-18,20-21,31H,3-5,19,22H2,1-2H3,(H,34,39). The number of nitrogens with one attached hydrogen (secondary N) is 1. The Bertz CT molecular complexity index is 1460. The third-order valence-electron chi connectivity index (χ3n) is 7.16. The zero-order valence-corrected chi connectivity index (χ0v) is 23.1. The third kappa shape index (κ3) is 5.57. The first kappa shape index (κ1) is 26.6. The number of rotatable bonds is 8. The molecule has 0 saturated carbocycles. The number of aryl methyl sites for hydroxylation is 1. The Hall–Kier alpha value is -4.03. The maximum Gasteiger partial charge on any atom is 0.322 e. The van der Waals surface area contributed by atoms with Crippen LogP contribution in [0.2, 0.25) is 5.02 Å². The smallest absolute Gasteiger partial charge is 0.316 e. The van der Waals surface area contributed by atoms with Gasteiger partial charge in [-0.2, -0.15) is 0 Å². The van der Waals surface area contributed by atoms with Crippen molar-refractivity contribution in [2.24, 2.45) is 0 Å². The predicted octanol–water partition coefficient (Wildman–Crippen LogP) is 7.46. The van der Waals surface area contributed by atoms with Crippen LogP contribution < -0.4 is 10.2 Å². The van der Waals surface area contributed by atoms with Crippen molar-refractivity contribution < 1.29 is 9.59 Å². The number of carbonyl (C=O) groups is 2. The maximum absolute atomic E-state index is 14.2. The van der Waals surface area contributed by atoms with E-state index in [1.54, 1.807) is 4.90 Å². The average Bonchev–Trinajstić information content (AvgIpc) is 3.45. The van der Waals surface area contributed by atoms with Crippen LogP contribution in [-0.4, -0.2) is 34.5 Å². The van der Waals surface area contributed by atoms with Crippen molar-refractivity contribution >= 4 is 34.9 Å². The van der Waals surface area contributed by atoms with Gasteiger partial charge in [-0.3, -0.25) is 9.69 Å². The van der Waals surface area contributed by atoms with Crippen LogP contribution in [0, 0.1) is 0 Å². The average molecular weight is 541 g/mol. The SMILES string of the molecule is CCCCN(CC(=O)N1c2ccccc2-n2cccc2C1c1ccc(Cl)cc1)C(=O)Nc1cccc(CC)c1. The van der Waals surface area contributed by atoms with E-state index in [-0.39, 0.29) is 24.5 Å². The molecule has 3 amide bonds. The number of aromatic nitrogens is 1. The van der Waals surface area contributed by atoms with Crippen molar-refractivity contribution in [1.82, 2.24) is 9.47 Å². The molecule has 1 aliphatic rings. The second-order valence-electron chi connectivity index (χ2n) is 9.77. The van der Waals surface area contributed by atoms with Crippen LogP contribution in [0.1, 0.15) is 49.6 Å². The van der Waals surface area contributed by atoms with Gasteiger partial charge in [-0.15, -0.1) is 0 Å². The molecule has 0 aliphatic carbocycles. The van der Waals surface area contributed by atoms with E-state index in [1.165, 1.54) is 0 Å². The molecule has 39 heavy (non-hydrogen) atoms. The molecule has 1 aliphatic heterocycles. The second-order valence-corrected chi connectivity index (χ2v) is 10.2. The quantitative estimate of drug-likeness (QED) is 0.252. The van der Waals surface area contributed by atoms with Crippen LogP contribution in [0.25, 0.3) is 5.69 Å². The van der Waals surface area contributed by atoms with Gasteiger partial charge in [0.25, 0.3) is 0 Å². The molecule has 4 aromatic rings. The molecule has 0 bridgehead atoms. The number of benzene rings is 3. The van der Waals surface area contributed by atoms with E-state index < -0.39 is 0 Å². The predicted molar refractivity (Wildman–Crippen MR) is 158 cm³/mol. The first-order chi connectivity index (χ1) is 19.0. The van der Waals surface area contributed by atoms with Gasteiger partial charge >= 0.3 is 6.03 Å². The fraction of sp³-hybridized carbons (Fsp3) is 0.250. The van der Waals surface area contributed by atoms with Crippen molar-refractivity contribution in [2.45, 2.75) is 39.2 Å². The minimum absolute atomic E-state index is 0.0432. The fourth-order valence-corrected chi connectivity index (χ4v) is 5.26. The zero-order chi connectivity index (χ0) is 27.4. The summed E-state index contributed by atoms with van der Waals surface area (Å²) < 4.78 is 2.13. The molecule has 2 heterocycles. The number of nitrogens with zero attached hydrogens (tertiary/aromatic N) is 3. The molecule has 200 valence electrons. The lowest BCUT2D eigenvalue weighted by Crippen LogP contribution is -2.48. The Kier molecular flexibility index (Phi) is 8.03. The highest BCUT2D eigenvalue weighted by molar-refractivity contribution is 6.30. The summed E-state index contributed by atoms with van der Waals surface area (Å²) in [5.74, 6) is -0.150. The van der Waals surface area contributed by atoms with Crippen molar-refractivity contribution in [3.05, 3.63) is 113 Å². The summed E-state index contributed by atoms with van der Waals surface area (Å²) >= 11 is 6.21. The van der Waals surface area contributed by atoms with Gasteiger partial charge in [-0.25, -0.2) is 4.79 Å². The molecule has 0 saturated heterocycles. The Balaban J connectivity index is 1.49. The summed E-state index contributed by atoms with van der Waals surface area (Å²) in [7, 11) is 0. The summed E-state index contributed by atoms with van der Waals surface area (Å²) in [5.41, 5.74) is 5.53. The van der Waals surface area contributed by atoms with Crippen LogP contribution in [0.5, 0.6) is 0 Å². The monoisotopic (exact) mass is 540 g/mol. The third-order valence-corrected chi connectivity index (χ3v) is 7.41. The van der Waals surface area contributed by atoms with Crippen LogP contribution in [0.15, 0.2) is 91.1 Å². The molecule has 0 radical (unpaired) electrons. The number of urea groups is 1. The van der Waals surface area contributed by atoms with Gasteiger partial charge in [0.05, 0.1) is 17.1 Å². The summed E-state index contributed by atoms with van der Waals surface area (Å²) in [6.07, 6.45) is 4.61. The highest BCUT2D eigenvalue weighted by atomic mass is 35.5. The number of amides is 3. The topological polar surface area (TPSA) is 57.6 Å². The maximum atomic E-state index is 14.2. The van der Waals surface area contributed by atoms with Crippen molar-refractivity contribution in [2.75, 3.05) is 23.3 Å². The van der Waals surface area contributed by atoms with Gasteiger partial charge in [0.15, 0.2) is 0 Å². The Morgan fingerprint density at radius 2 is 1.69 bits per heavy atom.